The van der Waals surface area contributed by atoms with Gasteiger partial charge in [0.25, 0.3) is 5.56 Å². The number of para-hydroxylation sites is 1. The first kappa shape index (κ1) is 25.4. The van der Waals surface area contributed by atoms with Gasteiger partial charge in [0.2, 0.25) is 5.95 Å². The smallest absolute Gasteiger partial charge is 0.264 e. The van der Waals surface area contributed by atoms with Crippen LogP contribution in [0.5, 0.6) is 0 Å². The highest BCUT2D eigenvalue weighted by Gasteiger charge is 2.20. The zero-order valence-corrected chi connectivity index (χ0v) is 22.0. The van der Waals surface area contributed by atoms with Crippen molar-refractivity contribution in [1.82, 2.24) is 19.5 Å². The van der Waals surface area contributed by atoms with Crippen LogP contribution in [0, 0.1) is 0 Å². The number of nitrogens with two attached hydrogens (primary N) is 1. The minimum atomic E-state index is -3.48. The molecule has 3 heterocycles. The van der Waals surface area contributed by atoms with Crippen molar-refractivity contribution in [1.29, 1.82) is 0 Å². The maximum absolute atomic E-state index is 13.7. The topological polar surface area (TPSA) is 133 Å². The number of hydrogen-bond donors (Lipinski definition) is 2. The second kappa shape index (κ2) is 9.88. The molecule has 5 rings (SSSR count). The van der Waals surface area contributed by atoms with Crippen LogP contribution in [-0.2, 0) is 9.84 Å². The van der Waals surface area contributed by atoms with Crippen molar-refractivity contribution < 1.29 is 8.42 Å². The van der Waals surface area contributed by atoms with Crippen molar-refractivity contribution in [2.45, 2.75) is 17.9 Å². The van der Waals surface area contributed by atoms with E-state index >= 15 is 0 Å². The summed E-state index contributed by atoms with van der Waals surface area (Å²) in [7, 11) is -3.48. The summed E-state index contributed by atoms with van der Waals surface area (Å²) in [5, 5.41) is 4.83. The third kappa shape index (κ3) is 4.83. The van der Waals surface area contributed by atoms with Gasteiger partial charge >= 0.3 is 0 Å². The van der Waals surface area contributed by atoms with Crippen LogP contribution < -0.4 is 16.6 Å². The van der Waals surface area contributed by atoms with Crippen molar-refractivity contribution >= 4 is 44.0 Å². The lowest BCUT2D eigenvalue weighted by Crippen LogP contribution is -2.26. The lowest BCUT2D eigenvalue weighted by molar-refractivity contribution is 0.601. The summed E-state index contributed by atoms with van der Waals surface area (Å²) in [4.78, 5) is 26.4. The number of sulfone groups is 1. The molecule has 2 aromatic carbocycles. The Morgan fingerprint density at radius 2 is 1.79 bits per heavy atom. The number of fused-ring (bicyclic) bond motifs is 1. The fourth-order valence-corrected chi connectivity index (χ4v) is 5.12. The van der Waals surface area contributed by atoms with Gasteiger partial charge in [-0.05, 0) is 42.6 Å². The summed E-state index contributed by atoms with van der Waals surface area (Å²) >= 11 is 6.43. The van der Waals surface area contributed by atoms with Crippen molar-refractivity contribution in [3.63, 3.8) is 0 Å². The molecule has 11 heteroatoms. The van der Waals surface area contributed by atoms with Crippen LogP contribution in [0.25, 0.3) is 27.6 Å². The molecule has 0 fully saturated rings. The molecule has 0 aliphatic rings. The summed E-state index contributed by atoms with van der Waals surface area (Å²) in [6.07, 6.45) is 5.43. The predicted molar refractivity (Wildman–Crippen MR) is 149 cm³/mol. The van der Waals surface area contributed by atoms with Gasteiger partial charge < -0.3 is 11.1 Å². The number of pyridine rings is 2. The Labute approximate surface area is 223 Å². The van der Waals surface area contributed by atoms with E-state index in [2.05, 4.69) is 20.3 Å². The Morgan fingerprint density at radius 1 is 1.03 bits per heavy atom. The largest absolute Gasteiger partial charge is 0.368 e. The number of benzene rings is 2. The molecule has 0 amide bonds. The summed E-state index contributed by atoms with van der Waals surface area (Å²) in [6.45, 7) is 1.89. The lowest BCUT2D eigenvalue weighted by Gasteiger charge is -2.22. The Hall–Kier alpha value is -4.28. The van der Waals surface area contributed by atoms with Crippen LogP contribution in [0.15, 0.2) is 88.9 Å². The van der Waals surface area contributed by atoms with E-state index in [9.17, 15) is 13.2 Å². The van der Waals surface area contributed by atoms with Crippen LogP contribution in [0.3, 0.4) is 0 Å². The van der Waals surface area contributed by atoms with Gasteiger partial charge in [-0.3, -0.25) is 14.3 Å². The predicted octanol–water partition coefficient (Wildman–Crippen LogP) is 4.65. The van der Waals surface area contributed by atoms with E-state index in [0.29, 0.717) is 44.1 Å². The molecule has 5 aromatic rings. The molecule has 0 bridgehead atoms. The van der Waals surface area contributed by atoms with Crippen molar-refractivity contribution in [3.8, 4) is 16.8 Å². The molecule has 1 atom stereocenters. The van der Waals surface area contributed by atoms with E-state index in [1.54, 1.807) is 16.7 Å². The molecule has 9 nitrogen and oxygen atoms in total. The summed E-state index contributed by atoms with van der Waals surface area (Å²) in [6, 6.07) is 17.5. The number of nitrogens with one attached hydrogen (secondary N) is 1. The third-order valence-corrected chi connectivity index (χ3v) is 7.49. The molecular weight excluding hydrogens is 524 g/mol. The van der Waals surface area contributed by atoms with Crippen LogP contribution in [0.4, 0.5) is 11.8 Å². The maximum atomic E-state index is 13.7. The number of aromatic nitrogens is 4. The maximum Gasteiger partial charge on any atom is 0.264 e. The van der Waals surface area contributed by atoms with Crippen molar-refractivity contribution in [2.75, 3.05) is 17.3 Å². The minimum Gasteiger partial charge on any atom is -0.368 e. The van der Waals surface area contributed by atoms with Gasteiger partial charge in [-0.15, -0.1) is 0 Å². The summed E-state index contributed by atoms with van der Waals surface area (Å²) in [5.41, 5.74) is 7.98. The fraction of sp³-hybridized carbons (Fsp3) is 0.111. The van der Waals surface area contributed by atoms with Crippen LogP contribution in [-0.4, -0.2) is 34.2 Å². The van der Waals surface area contributed by atoms with E-state index < -0.39 is 15.9 Å². The summed E-state index contributed by atoms with van der Waals surface area (Å²) in [5.74, 6) is 0.386. The first-order valence-corrected chi connectivity index (χ1v) is 13.8. The number of rotatable bonds is 6. The molecule has 3 N–H and O–H groups in total. The van der Waals surface area contributed by atoms with Gasteiger partial charge in [0, 0.05) is 47.4 Å². The summed E-state index contributed by atoms with van der Waals surface area (Å²) < 4.78 is 25.8. The van der Waals surface area contributed by atoms with E-state index in [1.807, 2.05) is 49.4 Å². The standard InChI is InChI=1S/C27H23ClN6O3S/c1-16(32-25-21(15-31-27(29)33-25)18-11-20(14-30-13-18)38(2,36)37)23-12-17-7-6-10-22(28)24(17)26(35)34(23)19-8-4-3-5-9-19/h3-16H,1-2H3,(H3,29,31,32,33). The molecule has 0 radical (unpaired) electrons. The zero-order chi connectivity index (χ0) is 27.0. The monoisotopic (exact) mass is 546 g/mol. The average Bonchev–Trinajstić information content (AvgIpc) is 2.88. The molecule has 38 heavy (non-hydrogen) atoms. The fourth-order valence-electron chi connectivity index (χ4n) is 4.27. The zero-order valence-electron chi connectivity index (χ0n) is 20.5. The van der Waals surface area contributed by atoms with Gasteiger partial charge in [0.15, 0.2) is 9.84 Å². The number of nitrogen functional groups attached to an aromatic ring is 1. The van der Waals surface area contributed by atoms with Gasteiger partial charge in [0.05, 0.1) is 21.3 Å². The second-order valence-electron chi connectivity index (χ2n) is 8.79. The normalized spacial score (nSPS) is 12.4. The average molecular weight is 547 g/mol. The lowest BCUT2D eigenvalue weighted by atomic mass is 10.1. The Balaban J connectivity index is 1.66. The third-order valence-electron chi connectivity index (χ3n) is 6.10. The molecule has 0 aliphatic heterocycles. The SMILES string of the molecule is CC(Nc1nc(N)ncc1-c1cncc(S(C)(=O)=O)c1)c1cc2cccc(Cl)c2c(=O)n1-c1ccccc1. The molecular formula is C27H23ClN6O3S. The van der Waals surface area contributed by atoms with Crippen LogP contribution >= 0.6 is 11.6 Å². The minimum absolute atomic E-state index is 0.0291. The Bertz CT molecular complexity index is 1840. The van der Waals surface area contributed by atoms with Crippen molar-refractivity contribution in [3.05, 3.63) is 100 Å². The van der Waals surface area contributed by atoms with E-state index in [-0.39, 0.29) is 16.4 Å². The van der Waals surface area contributed by atoms with Crippen LogP contribution in [0.1, 0.15) is 18.7 Å². The van der Waals surface area contributed by atoms with Gasteiger partial charge in [0.1, 0.15) is 5.82 Å². The first-order chi connectivity index (χ1) is 18.1. The quantitative estimate of drug-likeness (QED) is 0.314. The number of anilines is 2. The highest BCUT2D eigenvalue weighted by molar-refractivity contribution is 7.90. The second-order valence-corrected chi connectivity index (χ2v) is 11.2. The molecule has 3 aromatic heterocycles. The molecule has 0 saturated heterocycles. The van der Waals surface area contributed by atoms with Gasteiger partial charge in [-0.25, -0.2) is 13.4 Å². The number of halogens is 1. The Morgan fingerprint density at radius 3 is 2.53 bits per heavy atom. The van der Waals surface area contributed by atoms with Crippen molar-refractivity contribution in [2.24, 2.45) is 0 Å². The van der Waals surface area contributed by atoms with E-state index in [0.717, 1.165) is 6.26 Å². The molecule has 192 valence electrons. The molecule has 0 aliphatic carbocycles. The van der Waals surface area contributed by atoms with E-state index in [1.165, 1.54) is 24.7 Å². The number of hydrogen-bond acceptors (Lipinski definition) is 8. The molecule has 1 unspecified atom stereocenters. The first-order valence-electron chi connectivity index (χ1n) is 11.6. The van der Waals surface area contributed by atoms with Gasteiger partial charge in [-0.1, -0.05) is 41.9 Å². The van der Waals surface area contributed by atoms with Gasteiger partial charge in [-0.2, -0.15) is 4.98 Å². The van der Waals surface area contributed by atoms with E-state index in [4.69, 9.17) is 17.3 Å². The molecule has 0 saturated carbocycles. The number of nitrogens with zero attached hydrogens (tertiary/aromatic N) is 4. The highest BCUT2D eigenvalue weighted by Crippen LogP contribution is 2.32. The van der Waals surface area contributed by atoms with Crippen LogP contribution in [0.2, 0.25) is 5.02 Å². The highest BCUT2D eigenvalue weighted by atomic mass is 35.5. The molecule has 0 spiro atoms. The Kier molecular flexibility index (Phi) is 6.60.